The van der Waals surface area contributed by atoms with Crippen LogP contribution in [0.1, 0.15) is 20.8 Å². The third-order valence-corrected chi connectivity index (χ3v) is 6.78. The van der Waals surface area contributed by atoms with Crippen LogP contribution in [0.5, 0.6) is 0 Å². The summed E-state index contributed by atoms with van der Waals surface area (Å²) in [5.41, 5.74) is 0. The van der Waals surface area contributed by atoms with Crippen LogP contribution in [-0.4, -0.2) is 36.1 Å². The lowest BCUT2D eigenvalue weighted by Crippen LogP contribution is -2.39. The second kappa shape index (κ2) is 4.56. The standard InChI is InChI=1S/C9H20NO2PS/c1-5-13(11,12-4)6-8-9(2,3)14-7-10-8/h8,10H,5-7H2,1-4H3. The maximum atomic E-state index is 12.1. The van der Waals surface area contributed by atoms with Crippen molar-refractivity contribution in [2.75, 3.05) is 25.3 Å². The van der Waals surface area contributed by atoms with Gasteiger partial charge in [-0.05, 0) is 13.8 Å². The van der Waals surface area contributed by atoms with Gasteiger partial charge in [-0.25, -0.2) is 0 Å². The average Bonchev–Trinajstić information content (AvgIpc) is 2.46. The van der Waals surface area contributed by atoms with E-state index in [2.05, 4.69) is 19.2 Å². The van der Waals surface area contributed by atoms with Crippen LogP contribution in [-0.2, 0) is 9.09 Å². The van der Waals surface area contributed by atoms with Gasteiger partial charge in [-0.2, -0.15) is 0 Å². The van der Waals surface area contributed by atoms with Crippen molar-refractivity contribution in [2.24, 2.45) is 0 Å². The van der Waals surface area contributed by atoms with Crippen LogP contribution in [0.2, 0.25) is 0 Å². The molecule has 2 atom stereocenters. The predicted octanol–water partition coefficient (Wildman–Crippen LogP) is 2.37. The molecule has 0 aromatic rings. The molecule has 5 heteroatoms. The summed E-state index contributed by atoms with van der Waals surface area (Å²) in [7, 11) is -0.831. The van der Waals surface area contributed by atoms with E-state index >= 15 is 0 Å². The molecule has 0 aromatic carbocycles. The normalized spacial score (nSPS) is 30.1. The average molecular weight is 237 g/mol. The van der Waals surface area contributed by atoms with Crippen molar-refractivity contribution in [1.82, 2.24) is 5.32 Å². The summed E-state index contributed by atoms with van der Waals surface area (Å²) in [5.74, 6) is 0.949. The van der Waals surface area contributed by atoms with E-state index in [0.29, 0.717) is 18.4 Å². The van der Waals surface area contributed by atoms with Crippen LogP contribution < -0.4 is 5.32 Å². The first-order valence-electron chi connectivity index (χ1n) is 4.94. The summed E-state index contributed by atoms with van der Waals surface area (Å²) < 4.78 is 17.4. The highest BCUT2D eigenvalue weighted by atomic mass is 32.2. The molecule has 1 N–H and O–H groups in total. The van der Waals surface area contributed by atoms with E-state index in [1.54, 1.807) is 7.11 Å². The smallest absolute Gasteiger partial charge is 0.204 e. The van der Waals surface area contributed by atoms with Gasteiger partial charge in [-0.15, -0.1) is 11.8 Å². The van der Waals surface area contributed by atoms with Gasteiger partial charge in [0, 0.05) is 36.1 Å². The molecule has 1 heterocycles. The maximum absolute atomic E-state index is 12.1. The number of nitrogens with one attached hydrogen (secondary N) is 1. The predicted molar refractivity (Wildman–Crippen MR) is 63.5 cm³/mol. The van der Waals surface area contributed by atoms with Crippen molar-refractivity contribution >= 4 is 19.1 Å². The van der Waals surface area contributed by atoms with Crippen molar-refractivity contribution in [3.8, 4) is 0 Å². The van der Waals surface area contributed by atoms with Gasteiger partial charge in [0.1, 0.15) is 0 Å². The summed E-state index contributed by atoms with van der Waals surface area (Å²) >= 11 is 1.88. The fourth-order valence-electron chi connectivity index (χ4n) is 1.57. The van der Waals surface area contributed by atoms with Gasteiger partial charge in [0.15, 0.2) is 0 Å². The monoisotopic (exact) mass is 237 g/mol. The molecule has 2 unspecified atom stereocenters. The number of thioether (sulfide) groups is 1. The highest BCUT2D eigenvalue weighted by molar-refractivity contribution is 8.00. The van der Waals surface area contributed by atoms with E-state index in [1.807, 2.05) is 18.7 Å². The third-order valence-electron chi connectivity index (χ3n) is 2.89. The Morgan fingerprint density at radius 2 is 2.29 bits per heavy atom. The van der Waals surface area contributed by atoms with Gasteiger partial charge in [0.2, 0.25) is 7.37 Å². The molecule has 0 aliphatic carbocycles. The van der Waals surface area contributed by atoms with E-state index < -0.39 is 7.37 Å². The summed E-state index contributed by atoms with van der Waals surface area (Å²) in [6.45, 7) is 6.31. The Balaban J connectivity index is 2.64. The van der Waals surface area contributed by atoms with E-state index in [1.165, 1.54) is 0 Å². The molecule has 0 saturated carbocycles. The largest absolute Gasteiger partial charge is 0.332 e. The van der Waals surface area contributed by atoms with Crippen LogP contribution in [0.25, 0.3) is 0 Å². The minimum atomic E-state index is -2.39. The summed E-state index contributed by atoms with van der Waals surface area (Å²) in [4.78, 5) is 0. The molecular weight excluding hydrogens is 217 g/mol. The topological polar surface area (TPSA) is 38.3 Å². The molecule has 0 radical (unpaired) electrons. The van der Waals surface area contributed by atoms with Crippen molar-refractivity contribution in [3.05, 3.63) is 0 Å². The molecule has 1 aliphatic heterocycles. The summed E-state index contributed by atoms with van der Waals surface area (Å²) in [5, 5.41) is 3.38. The van der Waals surface area contributed by atoms with Gasteiger partial charge < -0.3 is 9.84 Å². The molecule has 0 spiro atoms. The maximum Gasteiger partial charge on any atom is 0.204 e. The zero-order chi connectivity index (χ0) is 10.8. The second-order valence-corrected chi connectivity index (χ2v) is 8.77. The minimum Gasteiger partial charge on any atom is -0.332 e. The van der Waals surface area contributed by atoms with Gasteiger partial charge in [-0.3, -0.25) is 4.57 Å². The molecular formula is C9H20NO2PS. The Bertz CT molecular complexity index is 237. The molecule has 1 aliphatic rings. The van der Waals surface area contributed by atoms with Crippen molar-refractivity contribution in [3.63, 3.8) is 0 Å². The van der Waals surface area contributed by atoms with Crippen LogP contribution in [0.3, 0.4) is 0 Å². The fourth-order valence-corrected chi connectivity index (χ4v) is 4.53. The first-order chi connectivity index (χ1) is 6.43. The molecule has 1 rings (SSSR count). The van der Waals surface area contributed by atoms with Crippen LogP contribution in [0, 0.1) is 0 Å². The molecule has 84 valence electrons. The highest BCUT2D eigenvalue weighted by Gasteiger charge is 2.39. The van der Waals surface area contributed by atoms with E-state index in [-0.39, 0.29) is 4.75 Å². The molecule has 1 saturated heterocycles. The van der Waals surface area contributed by atoms with E-state index in [4.69, 9.17) is 4.52 Å². The van der Waals surface area contributed by atoms with Gasteiger partial charge in [0.05, 0.1) is 0 Å². The van der Waals surface area contributed by atoms with Crippen molar-refractivity contribution < 1.29 is 9.09 Å². The van der Waals surface area contributed by atoms with E-state index in [0.717, 1.165) is 5.88 Å². The first kappa shape index (κ1) is 12.6. The third kappa shape index (κ3) is 2.75. The van der Waals surface area contributed by atoms with Crippen LogP contribution in [0.15, 0.2) is 0 Å². The quantitative estimate of drug-likeness (QED) is 0.762. The number of hydrogen-bond donors (Lipinski definition) is 1. The Morgan fingerprint density at radius 1 is 1.64 bits per heavy atom. The molecule has 14 heavy (non-hydrogen) atoms. The zero-order valence-corrected chi connectivity index (χ0v) is 11.1. The van der Waals surface area contributed by atoms with Crippen molar-refractivity contribution in [2.45, 2.75) is 31.6 Å². The minimum absolute atomic E-state index is 0.170. The number of rotatable bonds is 4. The Kier molecular flexibility index (Phi) is 4.10. The Morgan fingerprint density at radius 3 is 2.64 bits per heavy atom. The summed E-state index contributed by atoms with van der Waals surface area (Å²) in [6.07, 6.45) is 1.28. The Hall–Kier alpha value is 0.500. The first-order valence-corrected chi connectivity index (χ1v) is 7.93. The van der Waals surface area contributed by atoms with Crippen molar-refractivity contribution in [1.29, 1.82) is 0 Å². The molecule has 0 amide bonds. The second-order valence-electron chi connectivity index (χ2n) is 4.14. The lowest BCUT2D eigenvalue weighted by molar-refractivity contribution is 0.383. The van der Waals surface area contributed by atoms with Gasteiger partial charge in [0.25, 0.3) is 0 Å². The molecule has 1 fully saturated rings. The van der Waals surface area contributed by atoms with Gasteiger partial charge >= 0.3 is 0 Å². The molecule has 3 nitrogen and oxygen atoms in total. The van der Waals surface area contributed by atoms with Crippen LogP contribution >= 0.6 is 19.1 Å². The zero-order valence-electron chi connectivity index (χ0n) is 9.37. The molecule has 0 aromatic heterocycles. The SMILES string of the molecule is CCP(=O)(CC1NCSC1(C)C)OC. The highest BCUT2D eigenvalue weighted by Crippen LogP contribution is 2.49. The Labute approximate surface area is 90.8 Å². The lowest BCUT2D eigenvalue weighted by atomic mass is 10.1. The lowest BCUT2D eigenvalue weighted by Gasteiger charge is -2.28. The van der Waals surface area contributed by atoms with Crippen LogP contribution in [0.4, 0.5) is 0 Å². The number of hydrogen-bond acceptors (Lipinski definition) is 4. The summed E-state index contributed by atoms with van der Waals surface area (Å²) in [6, 6.07) is 0.304. The van der Waals surface area contributed by atoms with E-state index in [9.17, 15) is 4.57 Å². The molecule has 0 bridgehead atoms. The fraction of sp³-hybridized carbons (Fsp3) is 1.00. The van der Waals surface area contributed by atoms with Gasteiger partial charge in [-0.1, -0.05) is 6.92 Å².